The summed E-state index contributed by atoms with van der Waals surface area (Å²) >= 11 is 0. The predicted molar refractivity (Wildman–Crippen MR) is 105 cm³/mol. The number of hydrogen-bond acceptors (Lipinski definition) is 2. The molecule has 0 radical (unpaired) electrons. The summed E-state index contributed by atoms with van der Waals surface area (Å²) < 4.78 is 29.8. The Labute approximate surface area is 165 Å². The van der Waals surface area contributed by atoms with Crippen molar-refractivity contribution in [1.82, 2.24) is 14.9 Å². The minimum atomic E-state index is -2.84. The number of alkyl halides is 2. The molecule has 2 aliphatic rings. The molecule has 0 bridgehead atoms. The van der Waals surface area contributed by atoms with E-state index in [0.29, 0.717) is 11.1 Å². The van der Waals surface area contributed by atoms with Crippen molar-refractivity contribution in [2.45, 2.75) is 31.6 Å². The molecule has 29 heavy (non-hydrogen) atoms. The molecule has 0 spiro atoms. The minimum Gasteiger partial charge on any atom is -0.360 e. The van der Waals surface area contributed by atoms with Crippen LogP contribution in [-0.4, -0.2) is 39.8 Å². The summed E-state index contributed by atoms with van der Waals surface area (Å²) in [6.07, 6.45) is 3.29. The van der Waals surface area contributed by atoms with Gasteiger partial charge in [0.2, 0.25) is 0 Å². The summed E-state index contributed by atoms with van der Waals surface area (Å²) in [4.78, 5) is 32.5. The fourth-order valence-electron chi connectivity index (χ4n) is 5.04. The van der Waals surface area contributed by atoms with E-state index in [2.05, 4.69) is 9.97 Å². The molecule has 3 aromatic rings. The van der Waals surface area contributed by atoms with Crippen LogP contribution >= 0.6 is 0 Å². The van der Waals surface area contributed by atoms with E-state index in [1.165, 1.54) is 11.1 Å². The molecule has 2 atom stereocenters. The van der Waals surface area contributed by atoms with Crippen molar-refractivity contribution >= 4 is 16.8 Å². The van der Waals surface area contributed by atoms with Crippen LogP contribution in [0.4, 0.5) is 8.78 Å². The molecule has 2 unspecified atom stereocenters. The first-order valence-corrected chi connectivity index (χ1v) is 9.71. The lowest BCUT2D eigenvalue weighted by Crippen LogP contribution is -2.40. The van der Waals surface area contributed by atoms with E-state index in [1.54, 1.807) is 12.3 Å². The van der Waals surface area contributed by atoms with E-state index in [-0.39, 0.29) is 41.9 Å². The SMILES string of the molecule is Cc1cccc(C23CCN(C(=O)c4c[nH]c5c(C)c[nH]c(=O)c45)CC2C3(F)F)c1. The monoisotopic (exact) mass is 397 g/mol. The Balaban J connectivity index is 1.47. The number of nitrogens with zero attached hydrogens (tertiary/aromatic N) is 1. The molecule has 1 aromatic carbocycles. The molecule has 2 fully saturated rings. The highest BCUT2D eigenvalue weighted by Crippen LogP contribution is 2.70. The van der Waals surface area contributed by atoms with Gasteiger partial charge in [0.15, 0.2) is 0 Å². The Kier molecular flexibility index (Phi) is 3.61. The number of likely N-dealkylation sites (tertiary alicyclic amines) is 1. The number of fused-ring (bicyclic) bond motifs is 2. The third-order valence-corrected chi connectivity index (χ3v) is 6.70. The third kappa shape index (κ3) is 2.30. The quantitative estimate of drug-likeness (QED) is 0.695. The molecule has 1 saturated carbocycles. The van der Waals surface area contributed by atoms with Crippen molar-refractivity contribution in [3.8, 4) is 0 Å². The number of benzene rings is 1. The van der Waals surface area contributed by atoms with E-state index < -0.39 is 17.3 Å². The smallest absolute Gasteiger partial charge is 0.263 e. The van der Waals surface area contributed by atoms with Crippen LogP contribution in [0, 0.1) is 19.8 Å². The van der Waals surface area contributed by atoms with Crippen molar-refractivity contribution in [2.75, 3.05) is 13.1 Å². The molecule has 5 nitrogen and oxygen atoms in total. The molecule has 1 aliphatic heterocycles. The van der Waals surface area contributed by atoms with E-state index in [1.807, 2.05) is 32.0 Å². The summed E-state index contributed by atoms with van der Waals surface area (Å²) in [5.74, 6) is -4.13. The summed E-state index contributed by atoms with van der Waals surface area (Å²) in [5.41, 5.74) is 1.69. The molecule has 1 saturated heterocycles. The average molecular weight is 397 g/mol. The molecule has 1 amide bonds. The Bertz CT molecular complexity index is 1210. The number of halogens is 2. The van der Waals surface area contributed by atoms with Gasteiger partial charge in [-0.15, -0.1) is 0 Å². The number of aromatic amines is 2. The molecule has 2 aromatic heterocycles. The van der Waals surface area contributed by atoms with Gasteiger partial charge in [-0.05, 0) is 31.4 Å². The van der Waals surface area contributed by atoms with Crippen molar-refractivity contribution in [1.29, 1.82) is 0 Å². The van der Waals surface area contributed by atoms with E-state index >= 15 is 0 Å². The van der Waals surface area contributed by atoms with Crippen LogP contribution in [0.15, 0.2) is 41.5 Å². The topological polar surface area (TPSA) is 69.0 Å². The van der Waals surface area contributed by atoms with Crippen LogP contribution in [0.3, 0.4) is 0 Å². The summed E-state index contributed by atoms with van der Waals surface area (Å²) in [7, 11) is 0. The van der Waals surface area contributed by atoms with E-state index in [4.69, 9.17) is 0 Å². The Morgan fingerprint density at radius 2 is 2.00 bits per heavy atom. The number of pyridine rings is 1. The Morgan fingerprint density at radius 3 is 2.72 bits per heavy atom. The van der Waals surface area contributed by atoms with Crippen LogP contribution in [-0.2, 0) is 5.41 Å². The van der Waals surface area contributed by atoms with Crippen molar-refractivity contribution in [2.24, 2.45) is 5.92 Å². The summed E-state index contributed by atoms with van der Waals surface area (Å²) in [6, 6.07) is 7.29. The number of rotatable bonds is 2. The number of amides is 1. The lowest BCUT2D eigenvalue weighted by molar-refractivity contribution is 0.0691. The second kappa shape index (κ2) is 5.78. The largest absolute Gasteiger partial charge is 0.360 e. The highest BCUT2D eigenvalue weighted by molar-refractivity contribution is 6.07. The number of nitrogens with one attached hydrogen (secondary N) is 2. The van der Waals surface area contributed by atoms with Gasteiger partial charge in [-0.1, -0.05) is 29.8 Å². The number of aromatic nitrogens is 2. The van der Waals surface area contributed by atoms with Crippen molar-refractivity contribution < 1.29 is 13.6 Å². The van der Waals surface area contributed by atoms with Crippen LogP contribution < -0.4 is 5.56 Å². The minimum absolute atomic E-state index is 0.0177. The molecule has 7 heteroatoms. The molecule has 150 valence electrons. The van der Waals surface area contributed by atoms with Gasteiger partial charge in [0, 0.05) is 25.5 Å². The number of carbonyl (C=O) groups is 1. The lowest BCUT2D eigenvalue weighted by Gasteiger charge is -2.30. The maximum Gasteiger partial charge on any atom is 0.263 e. The molecular weight excluding hydrogens is 376 g/mol. The molecular formula is C22H21F2N3O2. The summed E-state index contributed by atoms with van der Waals surface area (Å²) in [5, 5.41) is 0.285. The molecule has 5 rings (SSSR count). The number of aryl methyl sites for hydroxylation is 2. The standard InChI is InChI=1S/C22H21F2N3O2/c1-12-4-3-5-14(8-12)21-6-7-27(11-16(21)22(21,23)24)20(29)15-10-25-18-13(2)9-26-19(28)17(15)18/h3-5,8-10,16,25H,6-7,11H2,1-2H3,(H,26,28). The zero-order valence-electron chi connectivity index (χ0n) is 16.2. The molecule has 2 N–H and O–H groups in total. The van der Waals surface area contributed by atoms with Gasteiger partial charge in [-0.25, -0.2) is 8.78 Å². The fourth-order valence-corrected chi connectivity index (χ4v) is 5.04. The number of H-pyrrole nitrogens is 2. The van der Waals surface area contributed by atoms with Crippen LogP contribution in [0.25, 0.3) is 10.9 Å². The first kappa shape index (κ1) is 18.1. The van der Waals surface area contributed by atoms with Gasteiger partial charge in [0.1, 0.15) is 0 Å². The van der Waals surface area contributed by atoms with Gasteiger partial charge in [0.05, 0.1) is 27.8 Å². The molecule has 3 heterocycles. The lowest BCUT2D eigenvalue weighted by atomic mass is 9.86. The van der Waals surface area contributed by atoms with E-state index in [9.17, 15) is 18.4 Å². The maximum absolute atomic E-state index is 14.9. The van der Waals surface area contributed by atoms with Gasteiger partial charge in [-0.2, -0.15) is 0 Å². The van der Waals surface area contributed by atoms with Gasteiger partial charge < -0.3 is 14.9 Å². The first-order valence-electron chi connectivity index (χ1n) is 9.71. The van der Waals surface area contributed by atoms with Crippen LogP contribution in [0.5, 0.6) is 0 Å². The summed E-state index contributed by atoms with van der Waals surface area (Å²) in [6.45, 7) is 3.93. The average Bonchev–Trinajstić information content (AvgIpc) is 3.01. The van der Waals surface area contributed by atoms with Crippen molar-refractivity contribution in [3.05, 3.63) is 69.3 Å². The Morgan fingerprint density at radius 1 is 1.21 bits per heavy atom. The number of piperidine rings is 1. The second-order valence-electron chi connectivity index (χ2n) is 8.27. The zero-order valence-corrected chi connectivity index (χ0v) is 16.2. The molecule has 1 aliphatic carbocycles. The third-order valence-electron chi connectivity index (χ3n) is 6.70. The fraction of sp³-hybridized carbons (Fsp3) is 0.364. The van der Waals surface area contributed by atoms with Gasteiger partial charge in [-0.3, -0.25) is 9.59 Å². The normalized spacial score (nSPS) is 25.1. The number of carbonyl (C=O) groups excluding carboxylic acids is 1. The highest BCUT2D eigenvalue weighted by Gasteiger charge is 2.81. The zero-order chi connectivity index (χ0) is 20.6. The Hall–Kier alpha value is -2.96. The maximum atomic E-state index is 14.9. The number of hydrogen-bond donors (Lipinski definition) is 2. The van der Waals surface area contributed by atoms with Gasteiger partial charge in [0.25, 0.3) is 17.4 Å². The highest BCUT2D eigenvalue weighted by atomic mass is 19.3. The van der Waals surface area contributed by atoms with Crippen molar-refractivity contribution in [3.63, 3.8) is 0 Å². The van der Waals surface area contributed by atoms with Crippen LogP contribution in [0.2, 0.25) is 0 Å². The van der Waals surface area contributed by atoms with Crippen LogP contribution in [0.1, 0.15) is 33.5 Å². The first-order chi connectivity index (χ1) is 13.8. The van der Waals surface area contributed by atoms with Gasteiger partial charge >= 0.3 is 0 Å². The predicted octanol–water partition coefficient (Wildman–Crippen LogP) is 3.52. The van der Waals surface area contributed by atoms with E-state index in [0.717, 1.165) is 11.1 Å². The second-order valence-corrected chi connectivity index (χ2v) is 8.27.